The molecule has 0 radical (unpaired) electrons. The number of hydrogen-bond donors (Lipinski definition) is 14. The molecule has 4 fully saturated rings. The summed E-state index contributed by atoms with van der Waals surface area (Å²) in [4.78, 5) is 23.4. The average molecular weight is 749 g/mol. The zero-order valence-corrected chi connectivity index (χ0v) is 27.4. The number of hydrogen-bond acceptors (Lipinski definition) is 21. The highest BCUT2D eigenvalue weighted by molar-refractivity contribution is 5.73. The highest BCUT2D eigenvalue weighted by atomic mass is 16.8. The lowest BCUT2D eigenvalue weighted by Crippen LogP contribution is -2.69. The van der Waals surface area contributed by atoms with Crippen molar-refractivity contribution in [3.8, 4) is 0 Å². The maximum atomic E-state index is 11.8. The van der Waals surface area contributed by atoms with Crippen molar-refractivity contribution in [3.05, 3.63) is 0 Å². The fraction of sp³-hybridized carbons (Fsp3) is 0.929. The summed E-state index contributed by atoms with van der Waals surface area (Å²) in [6.45, 7) is -1.26. The van der Waals surface area contributed by atoms with Gasteiger partial charge in [-0.1, -0.05) is 0 Å². The molecule has 0 aromatic heterocycles. The standard InChI is InChI=1S/C28H48N2O21/c1-7(35)29-13-18(40)22(11(5-33)45-25(13)44)50-28-21(43)24(16(38)10(4-32)47-28)51-27-20(42)19(41)23(12(6-34)48-27)49-26-14(30-8(2)36)17(39)15(37)9(3-31)46-26/h9-28,31-34,37-44H,3-6H2,1-2H3,(H,29,35)(H,30,36)/t9-,10-,11-,12-,13-,14-,15-,16-,17-,18-,19-,20+,21+,22-,23-,24+,25-,26+,27-,28+/m1/s1. The highest BCUT2D eigenvalue weighted by Crippen LogP contribution is 2.34. The van der Waals surface area contributed by atoms with Crippen LogP contribution in [0.3, 0.4) is 0 Å². The van der Waals surface area contributed by atoms with Gasteiger partial charge in [0.05, 0.1) is 26.4 Å². The fourth-order valence-corrected chi connectivity index (χ4v) is 6.35. The van der Waals surface area contributed by atoms with Crippen molar-refractivity contribution in [2.45, 2.75) is 137 Å². The van der Waals surface area contributed by atoms with Crippen LogP contribution in [0, 0.1) is 0 Å². The van der Waals surface area contributed by atoms with Gasteiger partial charge in [-0.05, 0) is 0 Å². The third kappa shape index (κ3) is 9.11. The van der Waals surface area contributed by atoms with Gasteiger partial charge < -0.3 is 105 Å². The van der Waals surface area contributed by atoms with Crippen molar-refractivity contribution in [2.24, 2.45) is 0 Å². The van der Waals surface area contributed by atoms with Crippen LogP contribution in [0.4, 0.5) is 0 Å². The highest BCUT2D eigenvalue weighted by Gasteiger charge is 2.55. The minimum atomic E-state index is -2.08. The van der Waals surface area contributed by atoms with Crippen LogP contribution in [0.2, 0.25) is 0 Å². The van der Waals surface area contributed by atoms with Crippen LogP contribution < -0.4 is 10.6 Å². The van der Waals surface area contributed by atoms with E-state index in [9.17, 15) is 70.9 Å². The van der Waals surface area contributed by atoms with Gasteiger partial charge in [-0.15, -0.1) is 0 Å². The van der Waals surface area contributed by atoms with E-state index >= 15 is 0 Å². The summed E-state index contributed by atoms with van der Waals surface area (Å²) in [6, 6.07) is -2.93. The van der Waals surface area contributed by atoms with E-state index in [1.807, 2.05) is 0 Å². The number of ether oxygens (including phenoxy) is 7. The molecule has 0 unspecified atom stereocenters. The van der Waals surface area contributed by atoms with Crippen LogP contribution in [-0.4, -0.2) is 222 Å². The van der Waals surface area contributed by atoms with Gasteiger partial charge in [0.2, 0.25) is 11.8 Å². The third-order valence-electron chi connectivity index (χ3n) is 9.01. The van der Waals surface area contributed by atoms with E-state index in [4.69, 9.17) is 33.2 Å². The lowest BCUT2D eigenvalue weighted by Gasteiger charge is -2.49. The molecular formula is C28H48N2O21. The average Bonchev–Trinajstić information content (AvgIpc) is 3.09. The van der Waals surface area contributed by atoms with Crippen molar-refractivity contribution < 1.29 is 104 Å². The maximum absolute atomic E-state index is 11.8. The maximum Gasteiger partial charge on any atom is 0.217 e. The smallest absolute Gasteiger partial charge is 0.217 e. The first-order chi connectivity index (χ1) is 24.1. The molecule has 0 aliphatic carbocycles. The largest absolute Gasteiger partial charge is 0.394 e. The molecule has 20 atom stereocenters. The first-order valence-electron chi connectivity index (χ1n) is 16.1. The molecule has 0 saturated carbocycles. The Morgan fingerprint density at radius 3 is 1.47 bits per heavy atom. The number of carbonyl (C=O) groups is 2. The molecule has 4 heterocycles. The minimum absolute atomic E-state index is 0.666. The Morgan fingerprint density at radius 1 is 0.471 bits per heavy atom. The second-order valence-corrected chi connectivity index (χ2v) is 12.6. The van der Waals surface area contributed by atoms with E-state index in [0.29, 0.717) is 0 Å². The predicted molar refractivity (Wildman–Crippen MR) is 157 cm³/mol. The van der Waals surface area contributed by atoms with Crippen LogP contribution in [0.1, 0.15) is 13.8 Å². The molecule has 4 aliphatic rings. The Kier molecular flexibility index (Phi) is 14.8. The molecular weight excluding hydrogens is 700 g/mol. The van der Waals surface area contributed by atoms with E-state index in [2.05, 4.69) is 10.6 Å². The van der Waals surface area contributed by atoms with E-state index in [0.717, 1.165) is 13.8 Å². The predicted octanol–water partition coefficient (Wildman–Crippen LogP) is -9.46. The Morgan fingerprint density at radius 2 is 0.902 bits per heavy atom. The number of aliphatic hydroxyl groups excluding tert-OH is 12. The van der Waals surface area contributed by atoms with Gasteiger partial charge in [0, 0.05) is 13.8 Å². The van der Waals surface area contributed by atoms with E-state index in [1.54, 1.807) is 0 Å². The molecule has 4 rings (SSSR count). The minimum Gasteiger partial charge on any atom is -0.394 e. The van der Waals surface area contributed by atoms with Crippen molar-refractivity contribution in [2.75, 3.05) is 26.4 Å². The Balaban J connectivity index is 1.51. The molecule has 0 bridgehead atoms. The molecule has 14 N–H and O–H groups in total. The van der Waals surface area contributed by atoms with Crippen LogP contribution >= 0.6 is 0 Å². The van der Waals surface area contributed by atoms with Crippen LogP contribution in [0.15, 0.2) is 0 Å². The third-order valence-corrected chi connectivity index (χ3v) is 9.01. The molecule has 296 valence electrons. The Labute approximate surface area is 289 Å². The summed E-state index contributed by atoms with van der Waals surface area (Å²) in [7, 11) is 0. The van der Waals surface area contributed by atoms with Crippen LogP contribution in [0.25, 0.3) is 0 Å². The number of amides is 2. The molecule has 23 heteroatoms. The van der Waals surface area contributed by atoms with Gasteiger partial charge >= 0.3 is 0 Å². The van der Waals surface area contributed by atoms with Crippen molar-refractivity contribution in [1.29, 1.82) is 0 Å². The van der Waals surface area contributed by atoms with E-state index in [1.165, 1.54) is 0 Å². The van der Waals surface area contributed by atoms with Crippen LogP contribution in [0.5, 0.6) is 0 Å². The molecule has 0 aromatic carbocycles. The molecule has 0 spiro atoms. The number of rotatable bonds is 12. The first-order valence-corrected chi connectivity index (χ1v) is 16.1. The van der Waals surface area contributed by atoms with Gasteiger partial charge in [-0.25, -0.2) is 0 Å². The lowest BCUT2D eigenvalue weighted by atomic mass is 9.94. The van der Waals surface area contributed by atoms with Gasteiger partial charge in [-0.2, -0.15) is 0 Å². The van der Waals surface area contributed by atoms with Gasteiger partial charge in [0.25, 0.3) is 0 Å². The van der Waals surface area contributed by atoms with Gasteiger partial charge in [0.1, 0.15) is 97.5 Å². The molecule has 4 saturated heterocycles. The normalized spacial score (nSPS) is 47.8. The number of nitrogens with one attached hydrogen (secondary N) is 2. The summed E-state index contributed by atoms with van der Waals surface area (Å²) < 4.78 is 38.9. The van der Waals surface area contributed by atoms with Crippen molar-refractivity contribution in [3.63, 3.8) is 0 Å². The van der Waals surface area contributed by atoms with E-state index < -0.39 is 161 Å². The van der Waals surface area contributed by atoms with Crippen LogP contribution in [-0.2, 0) is 42.7 Å². The second-order valence-electron chi connectivity index (χ2n) is 12.6. The zero-order chi connectivity index (χ0) is 37.9. The Hall–Kier alpha value is -1.82. The van der Waals surface area contributed by atoms with Gasteiger partial charge in [-0.3, -0.25) is 9.59 Å². The topological polar surface area (TPSA) is 366 Å². The summed E-state index contributed by atoms with van der Waals surface area (Å²) in [5, 5.41) is 130. The summed E-state index contributed by atoms with van der Waals surface area (Å²) in [6.07, 6.45) is -31.6. The van der Waals surface area contributed by atoms with Gasteiger partial charge in [0.15, 0.2) is 25.2 Å². The Bertz CT molecular complexity index is 1140. The molecule has 4 aliphatic heterocycles. The number of carbonyl (C=O) groups excluding carboxylic acids is 2. The second kappa shape index (κ2) is 18.0. The summed E-state index contributed by atoms with van der Waals surface area (Å²) in [5.74, 6) is -1.35. The van der Waals surface area contributed by atoms with E-state index in [-0.39, 0.29) is 0 Å². The number of aliphatic hydroxyl groups is 12. The molecule has 23 nitrogen and oxygen atoms in total. The zero-order valence-electron chi connectivity index (χ0n) is 27.4. The summed E-state index contributed by atoms with van der Waals surface area (Å²) in [5.41, 5.74) is 0. The quantitative estimate of drug-likeness (QED) is 0.0881. The van der Waals surface area contributed by atoms with Crippen molar-refractivity contribution in [1.82, 2.24) is 10.6 Å². The monoisotopic (exact) mass is 748 g/mol. The fourth-order valence-electron chi connectivity index (χ4n) is 6.35. The van der Waals surface area contributed by atoms with Crippen molar-refractivity contribution >= 4 is 11.8 Å². The lowest BCUT2D eigenvalue weighted by molar-refractivity contribution is -0.383. The molecule has 0 aromatic rings. The molecule has 51 heavy (non-hydrogen) atoms. The summed E-state index contributed by atoms with van der Waals surface area (Å²) >= 11 is 0. The first kappa shape index (κ1) is 41.9. The molecule has 2 amide bonds. The SMILES string of the molecule is CC(=O)N[C@@H]1[C@@H](O)[C@H](O[C@@H]2O[C@H](CO)[C@@H](O)[C@H](O[C@H]3O[C@H](CO)[C@@H](O[C@@H]4O[C@H](CO)[C@@H](O)[C@H](O)[C@H]4NC(C)=O)[C@H](O)[C@@H]3O)[C@@H]2O)[C@@H](CO)O[C@H]1O.